The molecule has 1 N–H and O–H groups in total. The lowest BCUT2D eigenvalue weighted by molar-refractivity contribution is -0.139. The van der Waals surface area contributed by atoms with Gasteiger partial charge in [0.25, 0.3) is 0 Å². The first-order valence-corrected chi connectivity index (χ1v) is 9.59. The van der Waals surface area contributed by atoms with Gasteiger partial charge >= 0.3 is 0 Å². The van der Waals surface area contributed by atoms with E-state index in [2.05, 4.69) is 0 Å². The Kier molecular flexibility index (Phi) is 7.09. The highest BCUT2D eigenvalue weighted by Gasteiger charge is 2.37. The molecule has 7 heteroatoms. The number of hydrogen-bond donors (Lipinski definition) is 1. The van der Waals surface area contributed by atoms with Crippen LogP contribution in [0, 0.1) is 0 Å². The SMILES string of the molecule is CCC(CC)N(CCO)C(=O)C1CCCCN1S(C)(=O)=O. The van der Waals surface area contributed by atoms with Crippen LogP contribution in [0.25, 0.3) is 0 Å². The zero-order valence-electron chi connectivity index (χ0n) is 13.3. The maximum absolute atomic E-state index is 12.8. The Morgan fingerprint density at radius 1 is 1.33 bits per heavy atom. The van der Waals surface area contributed by atoms with Crippen LogP contribution in [0.15, 0.2) is 0 Å². The van der Waals surface area contributed by atoms with Crippen LogP contribution in [-0.4, -0.2) is 66.7 Å². The van der Waals surface area contributed by atoms with E-state index in [1.54, 1.807) is 4.90 Å². The fourth-order valence-corrected chi connectivity index (χ4v) is 4.17. The van der Waals surface area contributed by atoms with Gasteiger partial charge in [0.2, 0.25) is 15.9 Å². The molecular weight excluding hydrogens is 292 g/mol. The number of carbonyl (C=O) groups is 1. The second kappa shape index (κ2) is 8.10. The number of rotatable bonds is 7. The smallest absolute Gasteiger partial charge is 0.241 e. The number of aliphatic hydroxyl groups excluding tert-OH is 1. The van der Waals surface area contributed by atoms with Gasteiger partial charge in [-0.1, -0.05) is 20.3 Å². The van der Waals surface area contributed by atoms with Crippen LogP contribution in [0.3, 0.4) is 0 Å². The Hall–Kier alpha value is -0.660. The van der Waals surface area contributed by atoms with Crippen molar-refractivity contribution in [2.24, 2.45) is 0 Å². The molecule has 0 aromatic heterocycles. The minimum absolute atomic E-state index is 0.0491. The van der Waals surface area contributed by atoms with Gasteiger partial charge < -0.3 is 10.0 Å². The molecule has 6 nitrogen and oxygen atoms in total. The van der Waals surface area contributed by atoms with Crippen molar-refractivity contribution in [1.82, 2.24) is 9.21 Å². The highest BCUT2D eigenvalue weighted by Crippen LogP contribution is 2.23. The number of carbonyl (C=O) groups excluding carboxylic acids is 1. The van der Waals surface area contributed by atoms with Gasteiger partial charge in [-0.05, 0) is 25.7 Å². The highest BCUT2D eigenvalue weighted by molar-refractivity contribution is 7.88. The zero-order valence-corrected chi connectivity index (χ0v) is 14.1. The van der Waals surface area contributed by atoms with Gasteiger partial charge in [-0.25, -0.2) is 8.42 Å². The predicted molar refractivity (Wildman–Crippen MR) is 82.4 cm³/mol. The summed E-state index contributed by atoms with van der Waals surface area (Å²) in [6.45, 7) is 4.57. The molecule has 124 valence electrons. The summed E-state index contributed by atoms with van der Waals surface area (Å²) in [6.07, 6.45) is 4.97. The van der Waals surface area contributed by atoms with Gasteiger partial charge in [-0.15, -0.1) is 0 Å². The Morgan fingerprint density at radius 3 is 2.43 bits per heavy atom. The van der Waals surface area contributed by atoms with E-state index in [1.807, 2.05) is 13.8 Å². The lowest BCUT2D eigenvalue weighted by atomic mass is 10.0. The van der Waals surface area contributed by atoms with Crippen molar-refractivity contribution >= 4 is 15.9 Å². The van der Waals surface area contributed by atoms with E-state index in [1.165, 1.54) is 4.31 Å². The largest absolute Gasteiger partial charge is 0.395 e. The second-order valence-electron chi connectivity index (χ2n) is 5.61. The number of nitrogens with zero attached hydrogens (tertiary/aromatic N) is 2. The van der Waals surface area contributed by atoms with Crippen LogP contribution in [0.5, 0.6) is 0 Å². The molecule has 1 rings (SSSR count). The van der Waals surface area contributed by atoms with E-state index in [0.717, 1.165) is 31.9 Å². The number of amides is 1. The molecule has 1 atom stereocenters. The fraction of sp³-hybridized carbons (Fsp3) is 0.929. The first-order chi connectivity index (χ1) is 9.86. The first kappa shape index (κ1) is 18.4. The second-order valence-corrected chi connectivity index (χ2v) is 7.55. The molecule has 0 aliphatic carbocycles. The normalized spacial score (nSPS) is 20.7. The van der Waals surface area contributed by atoms with Crippen LogP contribution >= 0.6 is 0 Å². The molecule has 0 bridgehead atoms. The van der Waals surface area contributed by atoms with E-state index >= 15 is 0 Å². The molecule has 0 spiro atoms. The first-order valence-electron chi connectivity index (χ1n) is 7.74. The molecule has 1 aliphatic rings. The average molecular weight is 320 g/mol. The van der Waals surface area contributed by atoms with E-state index in [9.17, 15) is 18.3 Å². The number of aliphatic hydroxyl groups is 1. The quantitative estimate of drug-likeness (QED) is 0.753. The van der Waals surface area contributed by atoms with Crippen molar-refractivity contribution in [2.75, 3.05) is 26.0 Å². The van der Waals surface area contributed by atoms with Crippen molar-refractivity contribution < 1.29 is 18.3 Å². The van der Waals surface area contributed by atoms with Gasteiger partial charge in [-0.2, -0.15) is 4.31 Å². The van der Waals surface area contributed by atoms with Gasteiger partial charge in [0.05, 0.1) is 12.9 Å². The van der Waals surface area contributed by atoms with Crippen LogP contribution in [0.1, 0.15) is 46.0 Å². The van der Waals surface area contributed by atoms with Crippen molar-refractivity contribution in [1.29, 1.82) is 0 Å². The molecular formula is C14H28N2O4S. The zero-order chi connectivity index (χ0) is 16.0. The Bertz CT molecular complexity index is 434. The summed E-state index contributed by atoms with van der Waals surface area (Å²) in [5.41, 5.74) is 0. The summed E-state index contributed by atoms with van der Waals surface area (Å²) in [4.78, 5) is 14.5. The molecule has 1 saturated heterocycles. The third-order valence-electron chi connectivity index (χ3n) is 4.17. The minimum atomic E-state index is -3.38. The van der Waals surface area contributed by atoms with Crippen molar-refractivity contribution in [2.45, 2.75) is 58.0 Å². The van der Waals surface area contributed by atoms with Crippen molar-refractivity contribution in [3.63, 3.8) is 0 Å². The molecule has 0 radical (unpaired) electrons. The van der Waals surface area contributed by atoms with E-state index < -0.39 is 16.1 Å². The summed E-state index contributed by atoms with van der Waals surface area (Å²) in [7, 11) is -3.38. The average Bonchev–Trinajstić information content (AvgIpc) is 2.46. The summed E-state index contributed by atoms with van der Waals surface area (Å²) in [6, 6.07) is -0.561. The monoisotopic (exact) mass is 320 g/mol. The lowest BCUT2D eigenvalue weighted by Gasteiger charge is -2.38. The van der Waals surface area contributed by atoms with Crippen LogP contribution in [0.4, 0.5) is 0 Å². The highest BCUT2D eigenvalue weighted by atomic mass is 32.2. The summed E-state index contributed by atoms with van der Waals surface area (Å²) >= 11 is 0. The Morgan fingerprint density at radius 2 is 1.95 bits per heavy atom. The van der Waals surface area contributed by atoms with Gasteiger partial charge in [0, 0.05) is 19.1 Å². The summed E-state index contributed by atoms with van der Waals surface area (Å²) in [5, 5.41) is 9.22. The predicted octanol–water partition coefficient (Wildman–Crippen LogP) is 0.810. The summed E-state index contributed by atoms with van der Waals surface area (Å²) in [5.74, 6) is -0.164. The van der Waals surface area contributed by atoms with Gasteiger partial charge in [0.15, 0.2) is 0 Å². The molecule has 0 aromatic carbocycles. The maximum atomic E-state index is 12.8. The Balaban J connectivity index is 2.99. The number of piperidine rings is 1. The van der Waals surface area contributed by atoms with E-state index in [0.29, 0.717) is 13.0 Å². The number of hydrogen-bond acceptors (Lipinski definition) is 4. The van der Waals surface area contributed by atoms with Crippen LogP contribution in [0.2, 0.25) is 0 Å². The molecule has 1 fully saturated rings. The van der Waals surface area contributed by atoms with Crippen LogP contribution < -0.4 is 0 Å². The lowest BCUT2D eigenvalue weighted by Crippen LogP contribution is -2.55. The molecule has 0 saturated carbocycles. The molecule has 1 heterocycles. The molecule has 1 amide bonds. The van der Waals surface area contributed by atoms with Crippen LogP contribution in [-0.2, 0) is 14.8 Å². The standard InChI is InChI=1S/C14H28N2O4S/c1-4-12(5-2)15(10-11-17)14(18)13-8-6-7-9-16(13)21(3,19)20/h12-13,17H,4-11H2,1-3H3. The van der Waals surface area contributed by atoms with E-state index in [-0.39, 0.29) is 25.1 Å². The third-order valence-corrected chi connectivity index (χ3v) is 5.46. The Labute approximate surface area is 128 Å². The maximum Gasteiger partial charge on any atom is 0.241 e. The van der Waals surface area contributed by atoms with E-state index in [4.69, 9.17) is 0 Å². The topological polar surface area (TPSA) is 77.9 Å². The molecule has 1 aliphatic heterocycles. The van der Waals surface area contributed by atoms with Crippen molar-refractivity contribution in [3.8, 4) is 0 Å². The third kappa shape index (κ3) is 4.66. The molecule has 0 aromatic rings. The van der Waals surface area contributed by atoms with Gasteiger partial charge in [-0.3, -0.25) is 4.79 Å². The minimum Gasteiger partial charge on any atom is -0.395 e. The number of sulfonamides is 1. The summed E-state index contributed by atoms with van der Waals surface area (Å²) < 4.78 is 25.1. The molecule has 21 heavy (non-hydrogen) atoms. The van der Waals surface area contributed by atoms with Gasteiger partial charge in [0.1, 0.15) is 6.04 Å². The fourth-order valence-electron chi connectivity index (χ4n) is 3.05. The van der Waals surface area contributed by atoms with Crippen molar-refractivity contribution in [3.05, 3.63) is 0 Å². The molecule has 1 unspecified atom stereocenters.